The van der Waals surface area contributed by atoms with Crippen molar-refractivity contribution in [2.75, 3.05) is 12.4 Å². The predicted octanol–water partition coefficient (Wildman–Crippen LogP) is 5.24. The Labute approximate surface area is 162 Å². The number of hydrogen-bond donors (Lipinski definition) is 1. The molecule has 0 spiro atoms. The van der Waals surface area contributed by atoms with Crippen molar-refractivity contribution < 1.29 is 4.74 Å². The Balaban J connectivity index is 0.00000102. The van der Waals surface area contributed by atoms with Crippen molar-refractivity contribution in [3.8, 4) is 16.9 Å². The molecule has 0 unspecified atom stereocenters. The van der Waals surface area contributed by atoms with Gasteiger partial charge in [-0.3, -0.25) is 9.97 Å². The van der Waals surface area contributed by atoms with Crippen LogP contribution < -0.4 is 10.1 Å². The summed E-state index contributed by atoms with van der Waals surface area (Å²) in [5.74, 6) is 1.46. The fourth-order valence-corrected chi connectivity index (χ4v) is 3.42. The van der Waals surface area contributed by atoms with Crippen LogP contribution in [0.5, 0.6) is 5.75 Å². The summed E-state index contributed by atoms with van der Waals surface area (Å²) in [5.41, 5.74) is 3.90. The van der Waals surface area contributed by atoms with Gasteiger partial charge in [0.15, 0.2) is 10.9 Å². The van der Waals surface area contributed by atoms with Gasteiger partial charge in [-0.05, 0) is 30.7 Å². The van der Waals surface area contributed by atoms with Crippen molar-refractivity contribution in [2.45, 2.75) is 20.8 Å². The number of nitrogens with one attached hydrogen (secondary N) is 1. The predicted molar refractivity (Wildman–Crippen MR) is 111 cm³/mol. The van der Waals surface area contributed by atoms with Gasteiger partial charge in [-0.1, -0.05) is 31.3 Å². The number of methoxy groups -OCH3 is 1. The van der Waals surface area contributed by atoms with Crippen molar-refractivity contribution in [1.29, 1.82) is 0 Å². The van der Waals surface area contributed by atoms with Gasteiger partial charge in [-0.2, -0.15) is 0 Å². The van der Waals surface area contributed by atoms with Crippen LogP contribution in [0.15, 0.2) is 49.1 Å². The van der Waals surface area contributed by atoms with Gasteiger partial charge >= 0.3 is 0 Å². The molecule has 0 aliphatic rings. The van der Waals surface area contributed by atoms with E-state index in [9.17, 15) is 0 Å². The van der Waals surface area contributed by atoms with Gasteiger partial charge in [0.25, 0.3) is 0 Å². The lowest BCUT2D eigenvalue weighted by atomic mass is 10.1. The number of ether oxygens (including phenoxy) is 1. The van der Waals surface area contributed by atoms with Crippen LogP contribution in [0.1, 0.15) is 19.5 Å². The quantitative estimate of drug-likeness (QED) is 0.523. The number of fused-ring (bicyclic) bond motifs is 1. The molecule has 3 heterocycles. The number of rotatable bonds is 4. The first-order chi connectivity index (χ1) is 13.2. The number of pyridine rings is 1. The van der Waals surface area contributed by atoms with Crippen molar-refractivity contribution in [3.63, 3.8) is 0 Å². The molecule has 0 aliphatic heterocycles. The smallest absolute Gasteiger partial charge is 0.189 e. The summed E-state index contributed by atoms with van der Waals surface area (Å²) in [6.07, 6.45) is 6.81. The summed E-state index contributed by atoms with van der Waals surface area (Å²) < 4.78 is 6.46. The Bertz CT molecular complexity index is 1030. The lowest BCUT2D eigenvalue weighted by Gasteiger charge is -2.07. The third-order valence-corrected chi connectivity index (χ3v) is 4.71. The van der Waals surface area contributed by atoms with Gasteiger partial charge in [0.2, 0.25) is 0 Å². The number of benzene rings is 1. The van der Waals surface area contributed by atoms with Gasteiger partial charge in [0.05, 0.1) is 29.2 Å². The molecule has 1 N–H and O–H groups in total. The number of nitrogens with zero attached hydrogens (tertiary/aromatic N) is 4. The summed E-state index contributed by atoms with van der Waals surface area (Å²) in [7, 11) is 1.66. The Morgan fingerprint density at radius 2 is 1.85 bits per heavy atom. The van der Waals surface area contributed by atoms with Crippen LogP contribution in [0.2, 0.25) is 0 Å². The van der Waals surface area contributed by atoms with E-state index in [1.807, 2.05) is 45.2 Å². The highest BCUT2D eigenvalue weighted by Gasteiger charge is 2.09. The second-order valence-electron chi connectivity index (χ2n) is 5.43. The third kappa shape index (κ3) is 4.20. The molecule has 0 radical (unpaired) electrons. The van der Waals surface area contributed by atoms with E-state index < -0.39 is 0 Å². The number of aromatic nitrogens is 4. The Kier molecular flexibility index (Phi) is 5.93. The van der Waals surface area contributed by atoms with E-state index in [-0.39, 0.29) is 0 Å². The number of thiazole rings is 1. The van der Waals surface area contributed by atoms with Crippen molar-refractivity contribution in [2.24, 2.45) is 0 Å². The Hall–Kier alpha value is -3.06. The molecule has 0 fully saturated rings. The van der Waals surface area contributed by atoms with E-state index in [0.717, 1.165) is 37.9 Å². The van der Waals surface area contributed by atoms with E-state index in [0.29, 0.717) is 5.82 Å². The lowest BCUT2D eigenvalue weighted by molar-refractivity contribution is 0.409. The fraction of sp³-hybridized carbons (Fsp3) is 0.200. The first kappa shape index (κ1) is 18.7. The zero-order chi connectivity index (χ0) is 19.2. The number of aryl methyl sites for hydroxylation is 1. The topological polar surface area (TPSA) is 72.8 Å². The number of anilines is 2. The molecule has 3 aromatic heterocycles. The minimum atomic E-state index is 0.675. The monoisotopic (exact) mass is 379 g/mol. The van der Waals surface area contributed by atoms with E-state index in [4.69, 9.17) is 4.74 Å². The van der Waals surface area contributed by atoms with Gasteiger partial charge in [-0.15, -0.1) is 0 Å². The Morgan fingerprint density at radius 1 is 1.00 bits per heavy atom. The van der Waals surface area contributed by atoms with E-state index in [1.165, 1.54) is 0 Å². The maximum Gasteiger partial charge on any atom is 0.189 e. The summed E-state index contributed by atoms with van der Waals surface area (Å²) >= 11 is 1.57. The fourth-order valence-electron chi connectivity index (χ4n) is 2.51. The highest BCUT2D eigenvalue weighted by molar-refractivity contribution is 7.22. The normalized spacial score (nSPS) is 10.2. The van der Waals surface area contributed by atoms with Crippen LogP contribution in [0, 0.1) is 6.92 Å². The van der Waals surface area contributed by atoms with Crippen LogP contribution in [0.3, 0.4) is 0 Å². The molecule has 27 heavy (non-hydrogen) atoms. The van der Waals surface area contributed by atoms with Gasteiger partial charge in [0.1, 0.15) is 5.75 Å². The molecule has 0 atom stereocenters. The zero-order valence-corrected chi connectivity index (χ0v) is 16.5. The van der Waals surface area contributed by atoms with Crippen molar-refractivity contribution in [3.05, 3.63) is 54.7 Å². The molecule has 7 heteroatoms. The van der Waals surface area contributed by atoms with Crippen LogP contribution in [-0.4, -0.2) is 27.0 Å². The molecule has 0 amide bonds. The molecule has 138 valence electrons. The first-order valence-electron chi connectivity index (χ1n) is 8.67. The lowest BCUT2D eigenvalue weighted by Crippen LogP contribution is -1.92. The first-order valence-corrected chi connectivity index (χ1v) is 9.49. The molecule has 6 nitrogen and oxygen atoms in total. The molecule has 4 rings (SSSR count). The molecule has 1 aromatic carbocycles. The van der Waals surface area contributed by atoms with Gasteiger partial charge in [-0.25, -0.2) is 9.97 Å². The molecular weight excluding hydrogens is 358 g/mol. The molecule has 0 saturated heterocycles. The average molecular weight is 379 g/mol. The number of hydrogen-bond acceptors (Lipinski definition) is 7. The Morgan fingerprint density at radius 3 is 2.59 bits per heavy atom. The van der Waals surface area contributed by atoms with Crippen LogP contribution >= 0.6 is 11.3 Å². The molecule has 4 aromatic rings. The van der Waals surface area contributed by atoms with Crippen LogP contribution in [-0.2, 0) is 0 Å². The zero-order valence-electron chi connectivity index (χ0n) is 15.7. The van der Waals surface area contributed by atoms with Crippen molar-refractivity contribution >= 4 is 32.5 Å². The second kappa shape index (κ2) is 8.55. The average Bonchev–Trinajstić information content (AvgIpc) is 3.12. The van der Waals surface area contributed by atoms with E-state index in [2.05, 4.69) is 31.3 Å². The van der Waals surface area contributed by atoms with Crippen molar-refractivity contribution in [1.82, 2.24) is 19.9 Å². The maximum absolute atomic E-state index is 5.37. The minimum Gasteiger partial charge on any atom is -0.495 e. The van der Waals surface area contributed by atoms with Gasteiger partial charge in [0, 0.05) is 24.2 Å². The van der Waals surface area contributed by atoms with Gasteiger partial charge < -0.3 is 10.1 Å². The third-order valence-electron chi connectivity index (χ3n) is 3.78. The summed E-state index contributed by atoms with van der Waals surface area (Å²) in [6, 6.07) is 8.17. The summed E-state index contributed by atoms with van der Waals surface area (Å²) in [5, 5.41) is 3.96. The van der Waals surface area contributed by atoms with Crippen LogP contribution in [0.25, 0.3) is 21.3 Å². The SMILES string of the molecule is CC.COc1cc(-c2ccc3nc(Nc4cnccn4)sc3c2)cnc1C. The second-order valence-corrected chi connectivity index (χ2v) is 6.46. The highest BCUT2D eigenvalue weighted by atomic mass is 32.1. The molecule has 0 aliphatic carbocycles. The molecule has 0 saturated carbocycles. The summed E-state index contributed by atoms with van der Waals surface area (Å²) in [4.78, 5) is 17.2. The minimum absolute atomic E-state index is 0.675. The van der Waals surface area contributed by atoms with Crippen LogP contribution in [0.4, 0.5) is 10.9 Å². The molecular formula is C20H21N5OS. The molecule has 0 bridgehead atoms. The van der Waals surface area contributed by atoms with E-state index >= 15 is 0 Å². The largest absolute Gasteiger partial charge is 0.495 e. The summed E-state index contributed by atoms with van der Waals surface area (Å²) in [6.45, 7) is 5.93. The highest BCUT2D eigenvalue weighted by Crippen LogP contribution is 2.32. The standard InChI is InChI=1S/C18H15N5OS.C2H6/c1-11-15(24-2)7-13(9-21-11)12-3-4-14-16(8-12)25-18(22-14)23-17-10-19-5-6-20-17;1-2/h3-10H,1-2H3,(H,20,22,23);1-2H3. The van der Waals surface area contributed by atoms with E-state index in [1.54, 1.807) is 37.0 Å². The maximum atomic E-state index is 5.37.